The number of ether oxygens (including phenoxy) is 1. The molecule has 0 bridgehead atoms. The Balaban J connectivity index is 2.08. The van der Waals surface area contributed by atoms with Gasteiger partial charge in [0.25, 0.3) is 0 Å². The van der Waals surface area contributed by atoms with Crippen LogP contribution in [0.1, 0.15) is 37.4 Å². The van der Waals surface area contributed by atoms with Crippen molar-refractivity contribution in [2.24, 2.45) is 0 Å². The van der Waals surface area contributed by atoms with E-state index in [-0.39, 0.29) is 0 Å². The lowest BCUT2D eigenvalue weighted by Gasteiger charge is -2.10. The lowest BCUT2D eigenvalue weighted by atomic mass is 9.99. The van der Waals surface area contributed by atoms with Crippen LogP contribution in [0.4, 0.5) is 0 Å². The van der Waals surface area contributed by atoms with E-state index in [1.54, 1.807) is 0 Å². The first-order valence-corrected chi connectivity index (χ1v) is 7.11. The van der Waals surface area contributed by atoms with Gasteiger partial charge in [0, 0.05) is 12.6 Å². The molecule has 1 heterocycles. The highest BCUT2D eigenvalue weighted by Gasteiger charge is 2.04. The molecular weight excluding hydrogens is 248 g/mol. The smallest absolute Gasteiger partial charge is 0.219 e. The Morgan fingerprint density at radius 1 is 1.15 bits per heavy atom. The summed E-state index contributed by atoms with van der Waals surface area (Å²) in [7, 11) is 1.91. The van der Waals surface area contributed by atoms with E-state index in [4.69, 9.17) is 4.74 Å². The zero-order chi connectivity index (χ0) is 14.4. The second-order valence-electron chi connectivity index (χ2n) is 4.98. The molecule has 1 aromatic carbocycles. The summed E-state index contributed by atoms with van der Waals surface area (Å²) in [6.45, 7) is 5.18. The Labute approximate surface area is 121 Å². The molecule has 2 aromatic rings. The van der Waals surface area contributed by atoms with Gasteiger partial charge in [-0.05, 0) is 43.1 Å². The third kappa shape index (κ3) is 3.81. The predicted molar refractivity (Wildman–Crippen MR) is 82.2 cm³/mol. The van der Waals surface area contributed by atoms with Crippen LogP contribution in [0.2, 0.25) is 0 Å². The monoisotopic (exact) mass is 270 g/mol. The molecule has 1 atom stereocenters. The summed E-state index contributed by atoms with van der Waals surface area (Å²) < 4.78 is 5.79. The minimum atomic E-state index is 0.584. The minimum Gasteiger partial charge on any atom is -0.439 e. The zero-order valence-electron chi connectivity index (χ0n) is 12.4. The molecule has 0 saturated carbocycles. The van der Waals surface area contributed by atoms with Crippen molar-refractivity contribution in [3.63, 3.8) is 0 Å². The van der Waals surface area contributed by atoms with Crippen molar-refractivity contribution in [1.29, 1.82) is 0 Å². The summed E-state index contributed by atoms with van der Waals surface area (Å²) in [5.41, 5.74) is 2.32. The highest BCUT2D eigenvalue weighted by Crippen LogP contribution is 2.24. The Morgan fingerprint density at radius 2 is 1.90 bits per heavy atom. The third-order valence-electron chi connectivity index (χ3n) is 3.42. The highest BCUT2D eigenvalue weighted by molar-refractivity contribution is 5.32. The van der Waals surface area contributed by atoms with Crippen molar-refractivity contribution in [3.05, 3.63) is 53.7 Å². The molecule has 0 aliphatic heterocycles. The Hall–Kier alpha value is -1.87. The molecule has 20 heavy (non-hydrogen) atoms. The van der Waals surface area contributed by atoms with E-state index in [0.29, 0.717) is 11.8 Å². The molecular formula is C17H22N2O. The Kier molecular flexibility index (Phi) is 5.13. The summed E-state index contributed by atoms with van der Waals surface area (Å²) in [5, 5.41) is 3.08. The van der Waals surface area contributed by atoms with Crippen molar-refractivity contribution in [1.82, 2.24) is 10.3 Å². The van der Waals surface area contributed by atoms with E-state index < -0.39 is 0 Å². The molecule has 3 heteroatoms. The van der Waals surface area contributed by atoms with Crippen LogP contribution in [0.15, 0.2) is 42.5 Å². The van der Waals surface area contributed by atoms with Crippen LogP contribution in [-0.2, 0) is 6.54 Å². The van der Waals surface area contributed by atoms with E-state index in [2.05, 4.69) is 36.3 Å². The standard InChI is InChI=1S/C17H22N2O/c1-4-13(2)14-8-10-16(11-9-14)20-17-7-5-6-15(19-17)12-18-3/h5-11,13,18H,4,12H2,1-3H3. The van der Waals surface area contributed by atoms with Crippen LogP contribution in [0, 0.1) is 0 Å². The van der Waals surface area contributed by atoms with Gasteiger partial charge in [-0.3, -0.25) is 0 Å². The normalized spacial score (nSPS) is 12.2. The van der Waals surface area contributed by atoms with Gasteiger partial charge in [-0.1, -0.05) is 32.0 Å². The zero-order valence-corrected chi connectivity index (χ0v) is 12.4. The number of hydrogen-bond donors (Lipinski definition) is 1. The number of benzene rings is 1. The van der Waals surface area contributed by atoms with Crippen LogP contribution < -0.4 is 10.1 Å². The molecule has 0 radical (unpaired) electrons. The van der Waals surface area contributed by atoms with E-state index in [0.717, 1.165) is 24.4 Å². The molecule has 106 valence electrons. The van der Waals surface area contributed by atoms with Crippen molar-refractivity contribution < 1.29 is 4.74 Å². The van der Waals surface area contributed by atoms with Crippen LogP contribution in [0.5, 0.6) is 11.6 Å². The molecule has 1 unspecified atom stereocenters. The molecule has 3 nitrogen and oxygen atoms in total. The topological polar surface area (TPSA) is 34.1 Å². The fourth-order valence-electron chi connectivity index (χ4n) is 2.01. The molecule has 0 aliphatic rings. The van der Waals surface area contributed by atoms with Crippen LogP contribution >= 0.6 is 0 Å². The number of nitrogens with one attached hydrogen (secondary N) is 1. The number of rotatable bonds is 6. The van der Waals surface area contributed by atoms with E-state index in [1.807, 2.05) is 37.4 Å². The fraction of sp³-hybridized carbons (Fsp3) is 0.353. The largest absolute Gasteiger partial charge is 0.439 e. The van der Waals surface area contributed by atoms with Crippen molar-refractivity contribution >= 4 is 0 Å². The quantitative estimate of drug-likeness (QED) is 0.857. The maximum absolute atomic E-state index is 5.79. The van der Waals surface area contributed by atoms with E-state index in [9.17, 15) is 0 Å². The van der Waals surface area contributed by atoms with E-state index in [1.165, 1.54) is 5.56 Å². The molecule has 0 amide bonds. The predicted octanol–water partition coefficient (Wildman–Crippen LogP) is 4.11. The maximum Gasteiger partial charge on any atom is 0.219 e. The molecule has 0 aliphatic carbocycles. The second-order valence-corrected chi connectivity index (χ2v) is 4.98. The molecule has 2 rings (SSSR count). The minimum absolute atomic E-state index is 0.584. The Morgan fingerprint density at radius 3 is 2.55 bits per heavy atom. The third-order valence-corrected chi connectivity index (χ3v) is 3.42. The van der Waals surface area contributed by atoms with E-state index >= 15 is 0 Å². The Bertz CT molecular complexity index is 537. The molecule has 1 aromatic heterocycles. The highest BCUT2D eigenvalue weighted by atomic mass is 16.5. The van der Waals surface area contributed by atoms with Gasteiger partial charge in [-0.2, -0.15) is 0 Å². The number of pyridine rings is 1. The van der Waals surface area contributed by atoms with Gasteiger partial charge < -0.3 is 10.1 Å². The SMILES string of the molecule is CCC(C)c1ccc(Oc2cccc(CNC)n2)cc1. The number of hydrogen-bond acceptors (Lipinski definition) is 3. The first-order chi connectivity index (χ1) is 9.72. The van der Waals surface area contributed by atoms with Crippen molar-refractivity contribution in [2.75, 3.05) is 7.05 Å². The number of nitrogens with zero attached hydrogens (tertiary/aromatic N) is 1. The van der Waals surface area contributed by atoms with Gasteiger partial charge >= 0.3 is 0 Å². The summed E-state index contributed by atoms with van der Waals surface area (Å²) in [4.78, 5) is 4.45. The first-order valence-electron chi connectivity index (χ1n) is 7.11. The van der Waals surface area contributed by atoms with Gasteiger partial charge in [-0.25, -0.2) is 4.98 Å². The summed E-state index contributed by atoms with van der Waals surface area (Å²) in [5.74, 6) is 2.04. The second kappa shape index (κ2) is 7.06. The van der Waals surface area contributed by atoms with Crippen LogP contribution in [-0.4, -0.2) is 12.0 Å². The average Bonchev–Trinajstić information content (AvgIpc) is 2.48. The lowest BCUT2D eigenvalue weighted by molar-refractivity contribution is 0.459. The molecule has 0 fully saturated rings. The molecule has 0 spiro atoms. The van der Waals surface area contributed by atoms with Gasteiger partial charge in [-0.15, -0.1) is 0 Å². The van der Waals surface area contributed by atoms with Crippen LogP contribution in [0.3, 0.4) is 0 Å². The van der Waals surface area contributed by atoms with Crippen LogP contribution in [0.25, 0.3) is 0 Å². The molecule has 1 N–H and O–H groups in total. The van der Waals surface area contributed by atoms with Gasteiger partial charge in [0.05, 0.1) is 5.69 Å². The van der Waals surface area contributed by atoms with Gasteiger partial charge in [0.2, 0.25) is 5.88 Å². The van der Waals surface area contributed by atoms with Crippen molar-refractivity contribution in [2.45, 2.75) is 32.7 Å². The fourth-order valence-corrected chi connectivity index (χ4v) is 2.01. The lowest BCUT2D eigenvalue weighted by Crippen LogP contribution is -2.06. The first kappa shape index (κ1) is 14.5. The van der Waals surface area contributed by atoms with Gasteiger partial charge in [0.1, 0.15) is 5.75 Å². The number of aromatic nitrogens is 1. The summed E-state index contributed by atoms with van der Waals surface area (Å²) in [6, 6.07) is 14.1. The molecule has 0 saturated heterocycles. The summed E-state index contributed by atoms with van der Waals surface area (Å²) >= 11 is 0. The maximum atomic E-state index is 5.79. The average molecular weight is 270 g/mol. The van der Waals surface area contributed by atoms with Gasteiger partial charge in [0.15, 0.2) is 0 Å². The van der Waals surface area contributed by atoms with Crippen molar-refractivity contribution in [3.8, 4) is 11.6 Å². The summed E-state index contributed by atoms with van der Waals surface area (Å²) in [6.07, 6.45) is 1.15.